The Morgan fingerprint density at radius 1 is 1.67 bits per heavy atom. The molecular formula is C9H16N2O4. The van der Waals surface area contributed by atoms with Gasteiger partial charge in [0.15, 0.2) is 0 Å². The van der Waals surface area contributed by atoms with E-state index in [1.54, 1.807) is 11.8 Å². The van der Waals surface area contributed by atoms with Crippen LogP contribution in [-0.4, -0.2) is 56.4 Å². The third-order valence-corrected chi connectivity index (χ3v) is 2.01. The minimum absolute atomic E-state index is 0.0353. The maximum Gasteiger partial charge on any atom is 0.407 e. The Morgan fingerprint density at radius 3 is 3.13 bits per heavy atom. The van der Waals surface area contributed by atoms with E-state index in [0.717, 1.165) is 0 Å². The molecule has 1 aliphatic rings. The Labute approximate surface area is 88.5 Å². The number of carbonyl (C=O) groups excluding carboxylic acids is 2. The van der Waals surface area contributed by atoms with Crippen LogP contribution in [-0.2, 0) is 14.3 Å². The molecule has 1 N–H and O–H groups in total. The van der Waals surface area contributed by atoms with Gasteiger partial charge in [0, 0.05) is 19.6 Å². The predicted molar refractivity (Wildman–Crippen MR) is 52.4 cm³/mol. The molecule has 1 saturated heterocycles. The van der Waals surface area contributed by atoms with Gasteiger partial charge >= 0.3 is 6.09 Å². The number of morpholine rings is 1. The smallest absolute Gasteiger partial charge is 0.407 e. The van der Waals surface area contributed by atoms with Gasteiger partial charge in [-0.3, -0.25) is 4.79 Å². The molecule has 1 heterocycles. The Hall–Kier alpha value is -1.30. The van der Waals surface area contributed by atoms with Crippen LogP contribution in [0, 0.1) is 0 Å². The van der Waals surface area contributed by atoms with Crippen molar-refractivity contribution in [1.29, 1.82) is 0 Å². The van der Waals surface area contributed by atoms with Crippen molar-refractivity contribution in [3.05, 3.63) is 0 Å². The molecule has 0 atom stereocenters. The normalized spacial score (nSPS) is 16.3. The fourth-order valence-electron chi connectivity index (χ4n) is 1.26. The first-order chi connectivity index (χ1) is 7.24. The lowest BCUT2D eigenvalue weighted by molar-refractivity contribution is -0.142. The highest BCUT2D eigenvalue weighted by Gasteiger charge is 2.17. The van der Waals surface area contributed by atoms with E-state index in [-0.39, 0.29) is 12.5 Å². The molecule has 6 nitrogen and oxygen atoms in total. The van der Waals surface area contributed by atoms with E-state index in [4.69, 9.17) is 4.74 Å². The summed E-state index contributed by atoms with van der Waals surface area (Å²) >= 11 is 0. The molecule has 0 saturated carbocycles. The molecule has 0 aromatic heterocycles. The number of nitrogens with zero attached hydrogens (tertiary/aromatic N) is 1. The van der Waals surface area contributed by atoms with Crippen LogP contribution in [0.4, 0.5) is 4.79 Å². The number of nitrogens with one attached hydrogen (secondary N) is 1. The van der Waals surface area contributed by atoms with Crippen LogP contribution >= 0.6 is 0 Å². The monoisotopic (exact) mass is 216 g/mol. The molecule has 0 unspecified atom stereocenters. The molecule has 0 aromatic rings. The van der Waals surface area contributed by atoms with E-state index in [0.29, 0.717) is 32.8 Å². The average Bonchev–Trinajstić information content (AvgIpc) is 2.21. The Bertz CT molecular complexity index is 232. The number of alkyl carbamates (subject to hydrolysis) is 1. The van der Waals surface area contributed by atoms with Gasteiger partial charge in [0.2, 0.25) is 5.91 Å². The lowest BCUT2D eigenvalue weighted by atomic mass is 10.4. The number of ether oxygens (including phenoxy) is 2. The molecule has 2 amide bonds. The molecule has 0 aliphatic carbocycles. The van der Waals surface area contributed by atoms with Gasteiger partial charge in [-0.1, -0.05) is 0 Å². The second kappa shape index (κ2) is 6.23. The summed E-state index contributed by atoms with van der Waals surface area (Å²) in [6.07, 6.45) is -0.446. The summed E-state index contributed by atoms with van der Waals surface area (Å²) in [6.45, 7) is 4.28. The third kappa shape index (κ3) is 4.16. The van der Waals surface area contributed by atoms with Crippen LogP contribution < -0.4 is 5.32 Å². The molecule has 0 radical (unpaired) electrons. The zero-order valence-corrected chi connectivity index (χ0v) is 8.82. The number of hydrogen-bond acceptors (Lipinski definition) is 4. The second-order valence-electron chi connectivity index (χ2n) is 3.08. The molecule has 1 fully saturated rings. The maximum atomic E-state index is 11.3. The topological polar surface area (TPSA) is 67.9 Å². The van der Waals surface area contributed by atoms with E-state index in [1.807, 2.05) is 0 Å². The van der Waals surface area contributed by atoms with Gasteiger partial charge in [-0.25, -0.2) is 4.79 Å². The van der Waals surface area contributed by atoms with Crippen LogP contribution in [0.1, 0.15) is 6.92 Å². The van der Waals surface area contributed by atoms with Crippen LogP contribution in [0.3, 0.4) is 0 Å². The third-order valence-electron chi connectivity index (χ3n) is 2.01. The van der Waals surface area contributed by atoms with Gasteiger partial charge in [-0.2, -0.15) is 0 Å². The maximum absolute atomic E-state index is 11.3. The Kier molecular flexibility index (Phi) is 4.89. The molecule has 0 spiro atoms. The SMILES string of the molecule is CCOC(=O)NCCN1CCOCC1=O. The van der Waals surface area contributed by atoms with Crippen LogP contribution in [0.2, 0.25) is 0 Å². The van der Waals surface area contributed by atoms with Gasteiger partial charge in [0.25, 0.3) is 0 Å². The standard InChI is InChI=1S/C9H16N2O4/c1-2-15-9(13)10-3-4-11-5-6-14-7-8(11)12/h2-7H2,1H3,(H,10,13). The lowest BCUT2D eigenvalue weighted by Crippen LogP contribution is -2.45. The van der Waals surface area contributed by atoms with Crippen LogP contribution in [0.15, 0.2) is 0 Å². The van der Waals surface area contributed by atoms with Crippen molar-refractivity contribution < 1.29 is 19.1 Å². The van der Waals surface area contributed by atoms with Gasteiger partial charge in [0.1, 0.15) is 6.61 Å². The van der Waals surface area contributed by atoms with Crippen molar-refractivity contribution in [3.8, 4) is 0 Å². The molecule has 15 heavy (non-hydrogen) atoms. The first-order valence-corrected chi connectivity index (χ1v) is 5.00. The summed E-state index contributed by atoms with van der Waals surface area (Å²) in [5.41, 5.74) is 0. The van der Waals surface area contributed by atoms with E-state index in [1.165, 1.54) is 0 Å². The molecule has 0 bridgehead atoms. The largest absolute Gasteiger partial charge is 0.450 e. The highest BCUT2D eigenvalue weighted by molar-refractivity contribution is 5.78. The van der Waals surface area contributed by atoms with Crippen molar-refractivity contribution >= 4 is 12.0 Å². The van der Waals surface area contributed by atoms with Gasteiger partial charge in [0.05, 0.1) is 13.2 Å². The fourth-order valence-corrected chi connectivity index (χ4v) is 1.26. The molecule has 0 aromatic carbocycles. The van der Waals surface area contributed by atoms with Crippen molar-refractivity contribution in [2.24, 2.45) is 0 Å². The van der Waals surface area contributed by atoms with Crippen molar-refractivity contribution in [1.82, 2.24) is 10.2 Å². The molecule has 1 aliphatic heterocycles. The lowest BCUT2D eigenvalue weighted by Gasteiger charge is -2.26. The average molecular weight is 216 g/mol. The fraction of sp³-hybridized carbons (Fsp3) is 0.778. The van der Waals surface area contributed by atoms with E-state index < -0.39 is 6.09 Å². The quantitative estimate of drug-likeness (QED) is 0.693. The van der Waals surface area contributed by atoms with Crippen molar-refractivity contribution in [2.45, 2.75) is 6.92 Å². The minimum atomic E-state index is -0.446. The van der Waals surface area contributed by atoms with Crippen molar-refractivity contribution in [2.75, 3.05) is 39.5 Å². The van der Waals surface area contributed by atoms with E-state index in [2.05, 4.69) is 10.1 Å². The first-order valence-electron chi connectivity index (χ1n) is 5.00. The first kappa shape index (κ1) is 11.8. The highest BCUT2D eigenvalue weighted by Crippen LogP contribution is 1.97. The van der Waals surface area contributed by atoms with Crippen LogP contribution in [0.5, 0.6) is 0 Å². The summed E-state index contributed by atoms with van der Waals surface area (Å²) in [6, 6.07) is 0. The van der Waals surface area contributed by atoms with E-state index >= 15 is 0 Å². The molecular weight excluding hydrogens is 200 g/mol. The summed E-state index contributed by atoms with van der Waals surface area (Å²) in [5.74, 6) is -0.0353. The predicted octanol–water partition coefficient (Wildman–Crippen LogP) is -0.409. The summed E-state index contributed by atoms with van der Waals surface area (Å²) < 4.78 is 9.65. The van der Waals surface area contributed by atoms with Gasteiger partial charge < -0.3 is 19.7 Å². The minimum Gasteiger partial charge on any atom is -0.450 e. The zero-order valence-electron chi connectivity index (χ0n) is 8.82. The highest BCUT2D eigenvalue weighted by atomic mass is 16.5. The number of amides is 2. The summed E-state index contributed by atoms with van der Waals surface area (Å²) in [7, 11) is 0. The number of rotatable bonds is 4. The molecule has 1 rings (SSSR count). The molecule has 6 heteroatoms. The number of carbonyl (C=O) groups is 2. The van der Waals surface area contributed by atoms with Crippen molar-refractivity contribution in [3.63, 3.8) is 0 Å². The summed E-state index contributed by atoms with van der Waals surface area (Å²) in [4.78, 5) is 23.8. The number of hydrogen-bond donors (Lipinski definition) is 1. The molecule has 86 valence electrons. The Balaban J connectivity index is 2.13. The Morgan fingerprint density at radius 2 is 2.47 bits per heavy atom. The summed E-state index contributed by atoms with van der Waals surface area (Å²) in [5, 5.41) is 2.56. The second-order valence-corrected chi connectivity index (χ2v) is 3.08. The zero-order chi connectivity index (χ0) is 11.1. The van der Waals surface area contributed by atoms with Crippen LogP contribution in [0.25, 0.3) is 0 Å². The van der Waals surface area contributed by atoms with Gasteiger partial charge in [-0.05, 0) is 6.92 Å². The van der Waals surface area contributed by atoms with E-state index in [9.17, 15) is 9.59 Å². The van der Waals surface area contributed by atoms with Gasteiger partial charge in [-0.15, -0.1) is 0 Å².